The van der Waals surface area contributed by atoms with Crippen LogP contribution in [0.3, 0.4) is 0 Å². The van der Waals surface area contributed by atoms with Gasteiger partial charge in [0.25, 0.3) is 0 Å². The summed E-state index contributed by atoms with van der Waals surface area (Å²) in [6.07, 6.45) is -0.293. The van der Waals surface area contributed by atoms with Crippen LogP contribution >= 0.6 is 23.2 Å². The van der Waals surface area contributed by atoms with Gasteiger partial charge in [-0.1, -0.05) is 23.2 Å². The number of hydrogen-bond acceptors (Lipinski definition) is 2. The van der Waals surface area contributed by atoms with E-state index in [0.717, 1.165) is 0 Å². The molecule has 0 saturated carbocycles. The molecule has 1 aliphatic heterocycles. The molecule has 1 saturated heterocycles. The first-order valence-electron chi connectivity index (χ1n) is 3.79. The van der Waals surface area contributed by atoms with E-state index in [1.807, 2.05) is 0 Å². The summed E-state index contributed by atoms with van der Waals surface area (Å²) in [5, 5.41) is 0.909. The number of carbonyl (C=O) groups is 1. The van der Waals surface area contributed by atoms with Gasteiger partial charge in [0, 0.05) is 10.6 Å². The van der Waals surface area contributed by atoms with E-state index in [2.05, 4.69) is 0 Å². The third-order valence-electron chi connectivity index (χ3n) is 1.82. The van der Waals surface area contributed by atoms with E-state index < -0.39 is 0 Å². The summed E-state index contributed by atoms with van der Waals surface area (Å²) in [7, 11) is 0. The molecule has 4 heteroatoms. The lowest BCUT2D eigenvalue weighted by Crippen LogP contribution is -2.07. The van der Waals surface area contributed by atoms with Gasteiger partial charge in [0.05, 0.1) is 11.6 Å². The molecule has 2 rings (SSSR count). The first-order valence-corrected chi connectivity index (χ1v) is 4.55. The van der Waals surface area contributed by atoms with Crippen molar-refractivity contribution in [2.75, 3.05) is 6.61 Å². The lowest BCUT2D eigenvalue weighted by molar-refractivity contribution is 0.0954. The molecule has 2 nitrogen and oxygen atoms in total. The minimum absolute atomic E-state index is 0.0679. The average Bonchev–Trinajstić information content (AvgIpc) is 2.85. The highest BCUT2D eigenvalue weighted by atomic mass is 35.5. The number of halogens is 2. The third kappa shape index (κ3) is 1.85. The summed E-state index contributed by atoms with van der Waals surface area (Å²) in [6, 6.07) is 4.82. The first-order chi connectivity index (χ1) is 6.18. The molecule has 1 fully saturated rings. The highest BCUT2D eigenvalue weighted by Crippen LogP contribution is 2.25. The molecular formula is C9H6Cl2O2. The van der Waals surface area contributed by atoms with Crippen LogP contribution in [-0.4, -0.2) is 18.5 Å². The number of ether oxygens (including phenoxy) is 1. The van der Waals surface area contributed by atoms with Crippen molar-refractivity contribution in [3.63, 3.8) is 0 Å². The van der Waals surface area contributed by atoms with Crippen molar-refractivity contribution in [2.24, 2.45) is 0 Å². The van der Waals surface area contributed by atoms with Crippen molar-refractivity contribution in [3.8, 4) is 0 Å². The topological polar surface area (TPSA) is 29.6 Å². The van der Waals surface area contributed by atoms with E-state index in [1.165, 1.54) is 0 Å². The Morgan fingerprint density at radius 1 is 1.46 bits per heavy atom. The largest absolute Gasteiger partial charge is 0.364 e. The minimum Gasteiger partial charge on any atom is -0.364 e. The Labute approximate surface area is 85.4 Å². The van der Waals surface area contributed by atoms with E-state index in [1.54, 1.807) is 18.2 Å². The zero-order chi connectivity index (χ0) is 9.42. The van der Waals surface area contributed by atoms with Crippen molar-refractivity contribution >= 4 is 29.0 Å². The van der Waals surface area contributed by atoms with Crippen LogP contribution < -0.4 is 0 Å². The molecule has 1 aliphatic rings. The van der Waals surface area contributed by atoms with E-state index in [9.17, 15) is 4.79 Å². The van der Waals surface area contributed by atoms with Crippen LogP contribution in [0.1, 0.15) is 10.4 Å². The van der Waals surface area contributed by atoms with Gasteiger partial charge in [-0.3, -0.25) is 4.79 Å². The standard InChI is InChI=1S/C9H6Cl2O2/c10-5-1-2-6(7(11)3-5)9(12)8-4-13-8/h1-3,8H,4H2. The van der Waals surface area contributed by atoms with Gasteiger partial charge in [-0.05, 0) is 18.2 Å². The second kappa shape index (κ2) is 3.29. The van der Waals surface area contributed by atoms with E-state index >= 15 is 0 Å². The summed E-state index contributed by atoms with van der Waals surface area (Å²) in [5.41, 5.74) is 0.480. The molecule has 1 aromatic rings. The molecular weight excluding hydrogens is 211 g/mol. The molecule has 68 valence electrons. The molecule has 0 amide bonds. The normalized spacial score (nSPS) is 20.0. The predicted octanol–water partition coefficient (Wildman–Crippen LogP) is 2.57. The van der Waals surface area contributed by atoms with E-state index in [4.69, 9.17) is 27.9 Å². The number of Topliss-reactive ketones (excluding diaryl/α,β-unsaturated/α-hetero) is 1. The molecule has 1 aromatic carbocycles. The fourth-order valence-electron chi connectivity index (χ4n) is 1.06. The Morgan fingerprint density at radius 2 is 2.15 bits per heavy atom. The maximum absolute atomic E-state index is 11.5. The van der Waals surface area contributed by atoms with Crippen LogP contribution in [-0.2, 0) is 4.74 Å². The van der Waals surface area contributed by atoms with Crippen LogP contribution in [0, 0.1) is 0 Å². The van der Waals surface area contributed by atoms with Crippen LogP contribution in [0.15, 0.2) is 18.2 Å². The van der Waals surface area contributed by atoms with Crippen LogP contribution in [0.5, 0.6) is 0 Å². The highest BCUT2D eigenvalue weighted by molar-refractivity contribution is 6.37. The quantitative estimate of drug-likeness (QED) is 0.562. The molecule has 0 aromatic heterocycles. The zero-order valence-corrected chi connectivity index (χ0v) is 8.10. The van der Waals surface area contributed by atoms with Gasteiger partial charge in [-0.2, -0.15) is 0 Å². The number of rotatable bonds is 2. The van der Waals surface area contributed by atoms with Gasteiger partial charge >= 0.3 is 0 Å². The molecule has 0 bridgehead atoms. The average molecular weight is 217 g/mol. The van der Waals surface area contributed by atoms with Crippen LogP contribution in [0.25, 0.3) is 0 Å². The summed E-state index contributed by atoms with van der Waals surface area (Å²) in [6.45, 7) is 0.498. The summed E-state index contributed by atoms with van der Waals surface area (Å²) < 4.78 is 4.87. The van der Waals surface area contributed by atoms with Crippen molar-refractivity contribution in [1.82, 2.24) is 0 Å². The molecule has 0 spiro atoms. The lowest BCUT2D eigenvalue weighted by atomic mass is 10.1. The molecule has 0 aliphatic carbocycles. The molecule has 1 heterocycles. The fourth-order valence-corrected chi connectivity index (χ4v) is 1.56. The van der Waals surface area contributed by atoms with E-state index in [0.29, 0.717) is 22.2 Å². The van der Waals surface area contributed by atoms with Crippen molar-refractivity contribution in [2.45, 2.75) is 6.10 Å². The van der Waals surface area contributed by atoms with Crippen LogP contribution in [0.2, 0.25) is 10.0 Å². The maximum atomic E-state index is 11.5. The third-order valence-corrected chi connectivity index (χ3v) is 2.37. The van der Waals surface area contributed by atoms with Crippen molar-refractivity contribution in [1.29, 1.82) is 0 Å². The lowest BCUT2D eigenvalue weighted by Gasteiger charge is -2.00. The monoisotopic (exact) mass is 216 g/mol. The first kappa shape index (κ1) is 9.00. The summed E-state index contributed by atoms with van der Waals surface area (Å²) in [5.74, 6) is -0.0679. The second-order valence-electron chi connectivity index (χ2n) is 2.81. The number of hydrogen-bond donors (Lipinski definition) is 0. The molecule has 13 heavy (non-hydrogen) atoms. The Kier molecular flexibility index (Phi) is 2.28. The smallest absolute Gasteiger partial charge is 0.195 e. The Hall–Kier alpha value is -0.570. The van der Waals surface area contributed by atoms with E-state index in [-0.39, 0.29) is 11.9 Å². The summed E-state index contributed by atoms with van der Waals surface area (Å²) >= 11 is 11.5. The zero-order valence-electron chi connectivity index (χ0n) is 6.59. The van der Waals surface area contributed by atoms with Crippen molar-refractivity contribution < 1.29 is 9.53 Å². The Balaban J connectivity index is 2.33. The van der Waals surface area contributed by atoms with Gasteiger partial charge < -0.3 is 4.74 Å². The number of benzene rings is 1. The number of carbonyl (C=O) groups excluding carboxylic acids is 1. The number of ketones is 1. The highest BCUT2D eigenvalue weighted by Gasteiger charge is 2.32. The molecule has 1 unspecified atom stereocenters. The maximum Gasteiger partial charge on any atom is 0.195 e. The SMILES string of the molecule is O=C(c1ccc(Cl)cc1Cl)C1CO1. The molecule has 1 atom stereocenters. The molecule has 0 radical (unpaired) electrons. The summed E-state index contributed by atoms with van der Waals surface area (Å²) in [4.78, 5) is 11.5. The van der Waals surface area contributed by atoms with Gasteiger partial charge in [0.1, 0.15) is 6.10 Å². The van der Waals surface area contributed by atoms with Crippen LogP contribution in [0.4, 0.5) is 0 Å². The second-order valence-corrected chi connectivity index (χ2v) is 3.65. The number of epoxide rings is 1. The van der Waals surface area contributed by atoms with Crippen molar-refractivity contribution in [3.05, 3.63) is 33.8 Å². The molecule has 0 N–H and O–H groups in total. The fraction of sp³-hybridized carbons (Fsp3) is 0.222. The van der Waals surface area contributed by atoms with Gasteiger partial charge in [0.2, 0.25) is 0 Å². The van der Waals surface area contributed by atoms with Gasteiger partial charge in [-0.15, -0.1) is 0 Å². The van der Waals surface area contributed by atoms with Gasteiger partial charge in [-0.25, -0.2) is 0 Å². The Bertz CT molecular complexity index is 359. The predicted molar refractivity (Wildman–Crippen MR) is 50.5 cm³/mol. The minimum atomic E-state index is -0.293. The van der Waals surface area contributed by atoms with Gasteiger partial charge in [0.15, 0.2) is 5.78 Å². The Morgan fingerprint density at radius 3 is 2.69 bits per heavy atom.